The maximum Gasteiger partial charge on any atom is 0.319 e. The first-order valence-electron chi connectivity index (χ1n) is 12.0. The number of halogens is 5. The Hall–Kier alpha value is -1.36. The summed E-state index contributed by atoms with van der Waals surface area (Å²) < 4.78 is 73.0. The molecule has 1 saturated carbocycles. The first-order valence-corrected chi connectivity index (χ1v) is 12.2. The van der Waals surface area contributed by atoms with Crippen molar-refractivity contribution in [2.75, 3.05) is 44.3 Å². The molecule has 1 aliphatic carbocycles. The van der Waals surface area contributed by atoms with Crippen LogP contribution in [0.3, 0.4) is 0 Å². The second kappa shape index (κ2) is 8.10. The van der Waals surface area contributed by atoms with Gasteiger partial charge in [0.15, 0.2) is 5.82 Å². The fourth-order valence-corrected chi connectivity index (χ4v) is 5.98. The molecule has 3 aliphatic heterocycles. The third kappa shape index (κ3) is 3.59. The molecule has 4 fully saturated rings. The Morgan fingerprint density at radius 1 is 1.36 bits per heavy atom. The Balaban J connectivity index is 1.46. The second-order valence-electron chi connectivity index (χ2n) is 9.17. The summed E-state index contributed by atoms with van der Waals surface area (Å²) in [5, 5.41) is 0.355. The number of alkyl halides is 2. The van der Waals surface area contributed by atoms with Crippen LogP contribution in [0.4, 0.5) is 19.0 Å². The van der Waals surface area contributed by atoms with Crippen molar-refractivity contribution in [3.63, 3.8) is 0 Å². The van der Waals surface area contributed by atoms with E-state index in [9.17, 15) is 8.78 Å². The number of aromatic nitrogens is 2. The summed E-state index contributed by atoms with van der Waals surface area (Å²) in [6.07, 6.45) is -1.16. The van der Waals surface area contributed by atoms with Gasteiger partial charge in [-0.25, -0.2) is 13.2 Å². The molecule has 1 aromatic carbocycles. The van der Waals surface area contributed by atoms with E-state index in [4.69, 9.17) is 23.8 Å². The maximum absolute atomic E-state index is 15.3. The largest absolute Gasteiger partial charge is 0.461 e. The number of fused-ring (bicyclic) bond motifs is 3. The molecule has 4 aliphatic rings. The summed E-state index contributed by atoms with van der Waals surface area (Å²) in [5.74, 6) is -0.896. The minimum absolute atomic E-state index is 0.00577. The van der Waals surface area contributed by atoms with Gasteiger partial charge in [-0.1, -0.05) is 11.6 Å². The minimum Gasteiger partial charge on any atom is -0.461 e. The fourth-order valence-electron chi connectivity index (χ4n) is 5.49. The highest BCUT2D eigenvalue weighted by atomic mass is 79.9. The summed E-state index contributed by atoms with van der Waals surface area (Å²) in [5.41, 5.74) is -1.29. The molecule has 6 nitrogen and oxygen atoms in total. The first kappa shape index (κ1) is 19.9. The van der Waals surface area contributed by atoms with Gasteiger partial charge in [-0.05, 0) is 41.4 Å². The number of nitrogens with zero attached hydrogens (tertiary/aromatic N) is 4. The average molecular weight is 550 g/mol. The van der Waals surface area contributed by atoms with Crippen LogP contribution in [0.2, 0.25) is 5.02 Å². The van der Waals surface area contributed by atoms with E-state index in [-0.39, 0.29) is 51.7 Å². The van der Waals surface area contributed by atoms with Gasteiger partial charge in [0, 0.05) is 30.8 Å². The third-order valence-corrected chi connectivity index (χ3v) is 8.47. The number of hydrogen-bond acceptors (Lipinski definition) is 6. The quantitative estimate of drug-likeness (QED) is 0.530. The lowest BCUT2D eigenvalue weighted by Gasteiger charge is -2.31. The molecule has 0 N–H and O–H groups in total. The lowest BCUT2D eigenvalue weighted by molar-refractivity contribution is 0.107. The molecule has 4 heterocycles. The SMILES string of the molecule is [2H]C([2H])(Oc1nc(N2CCOC[C@H]3[C@@H](F)[C@H]32)c2cc(Cl)c(Br)c(F)c2n1)[C@@]12CCCN1C[C@H](F)C2. The molecule has 178 valence electrons. The predicted molar refractivity (Wildman–Crippen MR) is 121 cm³/mol. The average Bonchev–Trinajstić information content (AvgIpc) is 3.15. The zero-order chi connectivity index (χ0) is 24.7. The molecule has 5 atom stereocenters. The molecule has 0 unspecified atom stereocenters. The molecule has 0 radical (unpaired) electrons. The summed E-state index contributed by atoms with van der Waals surface area (Å²) in [6.45, 7) is -0.728. The van der Waals surface area contributed by atoms with Gasteiger partial charge < -0.3 is 14.4 Å². The summed E-state index contributed by atoms with van der Waals surface area (Å²) in [7, 11) is 0. The minimum atomic E-state index is -2.35. The van der Waals surface area contributed by atoms with Crippen molar-refractivity contribution in [3.8, 4) is 6.01 Å². The van der Waals surface area contributed by atoms with Crippen molar-refractivity contribution < 1.29 is 25.4 Å². The summed E-state index contributed by atoms with van der Waals surface area (Å²) >= 11 is 9.35. The van der Waals surface area contributed by atoms with E-state index < -0.39 is 42.3 Å². The van der Waals surface area contributed by atoms with E-state index in [1.807, 2.05) is 0 Å². The Morgan fingerprint density at radius 3 is 3.06 bits per heavy atom. The number of anilines is 1. The molecule has 0 spiro atoms. The monoisotopic (exact) mass is 548 g/mol. The van der Waals surface area contributed by atoms with Crippen LogP contribution in [0.5, 0.6) is 6.01 Å². The van der Waals surface area contributed by atoms with Crippen molar-refractivity contribution in [1.29, 1.82) is 0 Å². The van der Waals surface area contributed by atoms with Gasteiger partial charge in [-0.15, -0.1) is 0 Å². The van der Waals surface area contributed by atoms with Gasteiger partial charge in [0.1, 0.15) is 30.2 Å². The topological polar surface area (TPSA) is 50.7 Å². The summed E-state index contributed by atoms with van der Waals surface area (Å²) in [4.78, 5) is 12.1. The Bertz CT molecular complexity index is 1200. The van der Waals surface area contributed by atoms with Crippen molar-refractivity contribution in [1.82, 2.24) is 14.9 Å². The Labute approximate surface area is 205 Å². The van der Waals surface area contributed by atoms with Gasteiger partial charge in [-0.2, -0.15) is 9.97 Å². The third-order valence-electron chi connectivity index (χ3n) is 7.17. The summed E-state index contributed by atoms with van der Waals surface area (Å²) in [6, 6.07) is 0.597. The van der Waals surface area contributed by atoms with Crippen LogP contribution in [0.25, 0.3) is 10.9 Å². The zero-order valence-electron chi connectivity index (χ0n) is 19.5. The Morgan fingerprint density at radius 2 is 2.21 bits per heavy atom. The smallest absolute Gasteiger partial charge is 0.319 e. The van der Waals surface area contributed by atoms with Gasteiger partial charge in [0.25, 0.3) is 0 Å². The maximum atomic E-state index is 15.3. The molecule has 0 bridgehead atoms. The van der Waals surface area contributed by atoms with Crippen LogP contribution in [-0.2, 0) is 4.74 Å². The van der Waals surface area contributed by atoms with Crippen molar-refractivity contribution in [2.45, 2.75) is 43.2 Å². The lowest BCUT2D eigenvalue weighted by atomic mass is 9.95. The molecule has 11 heteroatoms. The molecule has 2 aromatic rings. The van der Waals surface area contributed by atoms with Crippen LogP contribution >= 0.6 is 27.5 Å². The number of benzene rings is 1. The normalized spacial score (nSPS) is 35.1. The first-order chi connectivity index (χ1) is 16.6. The molecular weight excluding hydrogens is 525 g/mol. The van der Waals surface area contributed by atoms with Crippen LogP contribution < -0.4 is 9.64 Å². The van der Waals surface area contributed by atoms with E-state index >= 15 is 4.39 Å². The van der Waals surface area contributed by atoms with Gasteiger partial charge in [0.2, 0.25) is 0 Å². The van der Waals surface area contributed by atoms with E-state index in [2.05, 4.69) is 25.9 Å². The van der Waals surface area contributed by atoms with E-state index in [1.165, 1.54) is 6.07 Å². The highest BCUT2D eigenvalue weighted by Crippen LogP contribution is 2.46. The fraction of sp³-hybridized carbons (Fsp3) is 0.636. The van der Waals surface area contributed by atoms with Crippen LogP contribution in [-0.4, -0.2) is 78.2 Å². The predicted octanol–water partition coefficient (Wildman–Crippen LogP) is 4.31. The molecule has 3 saturated heterocycles. The van der Waals surface area contributed by atoms with E-state index in [0.717, 1.165) is 0 Å². The molecule has 6 rings (SSSR count). The van der Waals surface area contributed by atoms with Gasteiger partial charge in [-0.3, -0.25) is 4.90 Å². The Kier molecular flexibility index (Phi) is 4.88. The van der Waals surface area contributed by atoms with Crippen molar-refractivity contribution in [2.24, 2.45) is 5.92 Å². The van der Waals surface area contributed by atoms with Gasteiger partial charge >= 0.3 is 6.01 Å². The number of rotatable bonds is 4. The molecule has 1 aromatic heterocycles. The highest BCUT2D eigenvalue weighted by Gasteiger charge is 2.56. The van der Waals surface area contributed by atoms with E-state index in [0.29, 0.717) is 32.5 Å². The van der Waals surface area contributed by atoms with Crippen LogP contribution in [0.15, 0.2) is 10.5 Å². The highest BCUT2D eigenvalue weighted by molar-refractivity contribution is 9.10. The zero-order valence-corrected chi connectivity index (χ0v) is 19.9. The molecular formula is C22H23BrClF3N4O2. The lowest BCUT2D eigenvalue weighted by Crippen LogP contribution is -2.43. The number of hydrogen-bond donors (Lipinski definition) is 0. The van der Waals surface area contributed by atoms with Crippen molar-refractivity contribution >= 4 is 44.3 Å². The van der Waals surface area contributed by atoms with E-state index in [1.54, 1.807) is 9.80 Å². The van der Waals surface area contributed by atoms with Crippen molar-refractivity contribution in [3.05, 3.63) is 21.4 Å². The second-order valence-corrected chi connectivity index (χ2v) is 10.4. The molecule has 0 amide bonds. The molecule has 33 heavy (non-hydrogen) atoms. The van der Waals surface area contributed by atoms with Crippen LogP contribution in [0, 0.1) is 11.7 Å². The number of ether oxygens (including phenoxy) is 2. The van der Waals surface area contributed by atoms with Crippen LogP contribution in [0.1, 0.15) is 22.0 Å². The standard InChI is InChI=1S/C22H23BrClF3N4O2/c23-15-14(24)6-12-18(17(15)27)28-21(33-10-22-2-1-3-30(22)8-11(25)7-22)29-20(12)31-4-5-32-9-13-16(26)19(13)31/h6,11,13,16,19H,1-5,7-10H2/t11-,13+,16-,19+,22+/m1/s1/i10D2. The van der Waals surface area contributed by atoms with Gasteiger partial charge in [0.05, 0.1) is 37.0 Å².